The summed E-state index contributed by atoms with van der Waals surface area (Å²) >= 11 is 0. The molecule has 1 atom stereocenters. The van der Waals surface area contributed by atoms with E-state index in [1.54, 1.807) is 35.2 Å². The lowest BCUT2D eigenvalue weighted by Crippen LogP contribution is -2.44. The van der Waals surface area contributed by atoms with Crippen molar-refractivity contribution in [3.63, 3.8) is 0 Å². The van der Waals surface area contributed by atoms with Gasteiger partial charge in [0.25, 0.3) is 5.91 Å². The minimum absolute atomic E-state index is 0.184. The van der Waals surface area contributed by atoms with Crippen LogP contribution in [-0.2, 0) is 11.0 Å². The second-order valence-corrected chi connectivity index (χ2v) is 6.73. The molecule has 0 radical (unpaired) electrons. The minimum Gasteiger partial charge on any atom is -0.329 e. The van der Waals surface area contributed by atoms with Gasteiger partial charge in [0.1, 0.15) is 0 Å². The Kier molecular flexibility index (Phi) is 5.89. The lowest BCUT2D eigenvalue weighted by molar-refractivity contribution is -0.156. The van der Waals surface area contributed by atoms with Crippen molar-refractivity contribution in [1.82, 2.24) is 10.2 Å². The molecule has 1 amide bonds. The molecule has 0 saturated carbocycles. The highest BCUT2D eigenvalue weighted by atomic mass is 19.4. The zero-order valence-corrected chi connectivity index (χ0v) is 15.3. The van der Waals surface area contributed by atoms with Gasteiger partial charge >= 0.3 is 12.4 Å². The summed E-state index contributed by atoms with van der Waals surface area (Å²) in [5, 5.41) is 3.16. The van der Waals surface area contributed by atoms with E-state index in [0.29, 0.717) is 36.3 Å². The van der Waals surface area contributed by atoms with Gasteiger partial charge in [-0.3, -0.25) is 9.59 Å². The Morgan fingerprint density at radius 2 is 1.63 bits per heavy atom. The van der Waals surface area contributed by atoms with Crippen molar-refractivity contribution in [2.45, 2.75) is 18.4 Å². The Labute approximate surface area is 167 Å². The number of alkyl halides is 6. The van der Waals surface area contributed by atoms with Crippen molar-refractivity contribution < 1.29 is 35.9 Å². The molecule has 0 unspecified atom stereocenters. The van der Waals surface area contributed by atoms with Crippen LogP contribution in [0.15, 0.2) is 42.5 Å². The van der Waals surface area contributed by atoms with Crippen LogP contribution in [0.1, 0.15) is 27.5 Å². The fourth-order valence-electron chi connectivity index (χ4n) is 3.56. The molecule has 1 fully saturated rings. The Hall–Kier alpha value is -2.88. The van der Waals surface area contributed by atoms with E-state index < -0.39 is 30.1 Å². The van der Waals surface area contributed by atoms with E-state index in [2.05, 4.69) is 5.32 Å². The first-order chi connectivity index (χ1) is 14.0. The van der Waals surface area contributed by atoms with Crippen molar-refractivity contribution >= 4 is 12.2 Å². The second-order valence-electron chi connectivity index (χ2n) is 6.73. The van der Waals surface area contributed by atoms with Crippen LogP contribution in [0.5, 0.6) is 0 Å². The fraction of sp³-hybridized carbons (Fsp3) is 0.300. The van der Waals surface area contributed by atoms with E-state index in [4.69, 9.17) is 4.79 Å². The first-order valence-electron chi connectivity index (χ1n) is 8.88. The van der Waals surface area contributed by atoms with Gasteiger partial charge in [0.15, 0.2) is 0 Å². The maximum Gasteiger partial charge on any atom is 0.446 e. The van der Waals surface area contributed by atoms with Crippen LogP contribution in [0.4, 0.5) is 26.3 Å². The topological polar surface area (TPSA) is 49.4 Å². The molecule has 10 heteroatoms. The molecule has 30 heavy (non-hydrogen) atoms. The number of carbonyl (C=O) groups is 2. The molecule has 0 aromatic heterocycles. The van der Waals surface area contributed by atoms with Gasteiger partial charge in [-0.15, -0.1) is 0 Å². The molecule has 4 rings (SSSR count). The van der Waals surface area contributed by atoms with Crippen LogP contribution >= 0.6 is 0 Å². The number of aldehydes is 1. The number of hydrogen-bond acceptors (Lipinski definition) is 3. The van der Waals surface area contributed by atoms with Crippen molar-refractivity contribution in [1.29, 1.82) is 0 Å². The number of benzene rings is 2. The predicted molar refractivity (Wildman–Crippen MR) is 95.6 cm³/mol. The number of halogens is 6. The normalized spacial score (nSPS) is 18.3. The Balaban J connectivity index is 0.000000377. The van der Waals surface area contributed by atoms with Gasteiger partial charge in [-0.2, -0.15) is 26.3 Å². The number of hydrogen-bond donors (Lipinski definition) is 1. The number of nitrogens with one attached hydrogen (secondary N) is 1. The van der Waals surface area contributed by atoms with E-state index in [-0.39, 0.29) is 11.6 Å². The summed E-state index contributed by atoms with van der Waals surface area (Å²) in [5.74, 6) is -0.511. The van der Waals surface area contributed by atoms with Crippen molar-refractivity contribution in [2.75, 3.05) is 19.6 Å². The van der Waals surface area contributed by atoms with Gasteiger partial charge < -0.3 is 10.2 Å². The fourth-order valence-corrected chi connectivity index (χ4v) is 3.56. The van der Waals surface area contributed by atoms with Crippen LogP contribution in [0, 0.1) is 0 Å². The standard InChI is InChI=1S/C18H15F3N2O.C2HF3O/c19-18(20,21)14-9-12(11-4-2-1-3-5-11)8-13-15-10-22-6-7-23(15)17(24)16(13)14;3-2(4,5)1-6/h1-5,8-9,15,22H,6-7,10H2;1H/t15-;/m0./s1. The molecule has 2 aliphatic rings. The molecule has 2 aromatic rings. The molecular formula is C20H16F6N2O2. The summed E-state index contributed by atoms with van der Waals surface area (Å²) in [6.07, 6.45) is -10.3. The van der Waals surface area contributed by atoms with Gasteiger partial charge in [-0.1, -0.05) is 30.3 Å². The van der Waals surface area contributed by atoms with E-state index >= 15 is 0 Å². The Bertz CT molecular complexity index is 941. The molecule has 1 N–H and O–H groups in total. The average molecular weight is 430 g/mol. The van der Waals surface area contributed by atoms with Crippen LogP contribution in [0.2, 0.25) is 0 Å². The quantitative estimate of drug-likeness (QED) is 0.545. The lowest BCUT2D eigenvalue weighted by Gasteiger charge is -2.30. The number of fused-ring (bicyclic) bond motifs is 3. The number of carbonyl (C=O) groups excluding carboxylic acids is 2. The monoisotopic (exact) mass is 430 g/mol. The maximum atomic E-state index is 13.6. The Morgan fingerprint density at radius 3 is 2.20 bits per heavy atom. The lowest BCUT2D eigenvalue weighted by atomic mass is 9.92. The van der Waals surface area contributed by atoms with Crippen LogP contribution in [-0.4, -0.2) is 42.9 Å². The van der Waals surface area contributed by atoms with E-state index in [9.17, 15) is 31.1 Å². The third-order valence-electron chi connectivity index (χ3n) is 4.79. The predicted octanol–water partition coefficient (Wildman–Crippen LogP) is 4.22. The summed E-state index contributed by atoms with van der Waals surface area (Å²) in [7, 11) is 0. The molecule has 2 heterocycles. The van der Waals surface area contributed by atoms with Gasteiger partial charge in [0.05, 0.1) is 17.2 Å². The van der Waals surface area contributed by atoms with Crippen LogP contribution in [0.25, 0.3) is 11.1 Å². The highest BCUT2D eigenvalue weighted by Gasteiger charge is 2.45. The Morgan fingerprint density at radius 1 is 1.00 bits per heavy atom. The van der Waals surface area contributed by atoms with E-state index in [1.807, 2.05) is 6.07 Å². The molecule has 1 saturated heterocycles. The SMILES string of the molecule is O=C1c2c(cc(-c3ccccc3)cc2C(F)(F)F)[C@@H]2CNCCN12.O=CC(F)(F)F. The number of nitrogens with zero attached hydrogens (tertiary/aromatic N) is 1. The number of amides is 1. The molecule has 2 aliphatic heterocycles. The summed E-state index contributed by atoms with van der Waals surface area (Å²) in [4.78, 5) is 22.8. The van der Waals surface area contributed by atoms with Crippen molar-refractivity contribution in [3.05, 3.63) is 59.2 Å². The summed E-state index contributed by atoms with van der Waals surface area (Å²) in [5.41, 5.74) is 0.650. The zero-order chi connectivity index (χ0) is 22.1. The molecule has 0 spiro atoms. The van der Waals surface area contributed by atoms with Gasteiger partial charge in [-0.05, 0) is 28.8 Å². The van der Waals surface area contributed by atoms with Crippen molar-refractivity contribution in [3.8, 4) is 11.1 Å². The van der Waals surface area contributed by atoms with Crippen molar-refractivity contribution in [2.24, 2.45) is 0 Å². The molecule has 0 bridgehead atoms. The highest BCUT2D eigenvalue weighted by Crippen LogP contribution is 2.44. The molecule has 4 nitrogen and oxygen atoms in total. The van der Waals surface area contributed by atoms with Gasteiger partial charge in [-0.25, -0.2) is 0 Å². The average Bonchev–Trinajstić information content (AvgIpc) is 3.00. The highest BCUT2D eigenvalue weighted by molar-refractivity contribution is 6.01. The zero-order valence-electron chi connectivity index (χ0n) is 15.3. The first kappa shape index (κ1) is 21.8. The first-order valence-corrected chi connectivity index (χ1v) is 8.88. The molecule has 2 aromatic carbocycles. The smallest absolute Gasteiger partial charge is 0.329 e. The van der Waals surface area contributed by atoms with E-state index in [0.717, 1.165) is 6.07 Å². The summed E-state index contributed by atoms with van der Waals surface area (Å²) < 4.78 is 72.1. The summed E-state index contributed by atoms with van der Waals surface area (Å²) in [6, 6.07) is 11.4. The largest absolute Gasteiger partial charge is 0.446 e. The third kappa shape index (κ3) is 4.48. The van der Waals surface area contributed by atoms with Gasteiger partial charge in [0.2, 0.25) is 6.29 Å². The third-order valence-corrected chi connectivity index (χ3v) is 4.79. The maximum absolute atomic E-state index is 13.6. The van der Waals surface area contributed by atoms with Crippen LogP contribution in [0.3, 0.4) is 0 Å². The summed E-state index contributed by atoms with van der Waals surface area (Å²) in [6.45, 7) is 1.51. The van der Waals surface area contributed by atoms with E-state index in [1.165, 1.54) is 0 Å². The minimum atomic E-state index is -4.64. The van der Waals surface area contributed by atoms with Gasteiger partial charge in [0, 0.05) is 19.6 Å². The second kappa shape index (κ2) is 8.10. The molecule has 0 aliphatic carbocycles. The molecular weight excluding hydrogens is 414 g/mol. The number of piperazine rings is 1. The number of rotatable bonds is 1. The molecule has 160 valence electrons. The van der Waals surface area contributed by atoms with Crippen LogP contribution < -0.4 is 5.32 Å².